The van der Waals surface area contributed by atoms with E-state index < -0.39 is 6.04 Å². The van der Waals surface area contributed by atoms with E-state index >= 15 is 0 Å². The number of carbonyl (C=O) groups is 3. The van der Waals surface area contributed by atoms with Crippen LogP contribution in [0.15, 0.2) is 78.9 Å². The molecule has 2 aliphatic heterocycles. The second-order valence-corrected chi connectivity index (χ2v) is 11.1. The molecule has 8 nitrogen and oxygen atoms in total. The molecule has 0 unspecified atom stereocenters. The summed E-state index contributed by atoms with van der Waals surface area (Å²) in [5.41, 5.74) is 3.96. The zero-order chi connectivity index (χ0) is 28.8. The second kappa shape index (κ2) is 13.3. The minimum absolute atomic E-state index is 0.118. The summed E-state index contributed by atoms with van der Waals surface area (Å²) in [7, 11) is 0. The lowest BCUT2D eigenvalue weighted by Gasteiger charge is -2.41. The van der Waals surface area contributed by atoms with Gasteiger partial charge < -0.3 is 15.5 Å². The van der Waals surface area contributed by atoms with Gasteiger partial charge in [0.25, 0.3) is 0 Å². The van der Waals surface area contributed by atoms with Gasteiger partial charge >= 0.3 is 0 Å². The molecule has 0 bridgehead atoms. The molecule has 2 aliphatic rings. The summed E-state index contributed by atoms with van der Waals surface area (Å²) in [6.07, 6.45) is -0.118. The first kappa shape index (κ1) is 28.8. The van der Waals surface area contributed by atoms with Crippen LogP contribution in [0.2, 0.25) is 5.02 Å². The van der Waals surface area contributed by atoms with Gasteiger partial charge in [0.1, 0.15) is 6.04 Å². The first-order chi connectivity index (χ1) is 19.9. The molecular weight excluding hydrogens is 538 g/mol. The average molecular weight is 574 g/mol. The molecule has 1 atom stereocenters. The lowest BCUT2D eigenvalue weighted by atomic mass is 9.96. The Kier molecular flexibility index (Phi) is 9.34. The van der Waals surface area contributed by atoms with Gasteiger partial charge in [-0.2, -0.15) is 0 Å². The van der Waals surface area contributed by atoms with E-state index in [2.05, 4.69) is 69.0 Å². The third-order valence-corrected chi connectivity index (χ3v) is 8.25. The maximum Gasteiger partial charge on any atom is 0.243 e. The van der Waals surface area contributed by atoms with Crippen molar-refractivity contribution in [3.8, 4) is 0 Å². The summed E-state index contributed by atoms with van der Waals surface area (Å²) in [6, 6.07) is 25.6. The first-order valence-electron chi connectivity index (χ1n) is 14.1. The lowest BCUT2D eigenvalue weighted by molar-refractivity contribution is -0.145. The molecule has 2 fully saturated rings. The smallest absolute Gasteiger partial charge is 0.243 e. The molecular formula is C32H36ClN5O3. The van der Waals surface area contributed by atoms with Crippen molar-refractivity contribution in [1.29, 1.82) is 0 Å². The highest BCUT2D eigenvalue weighted by molar-refractivity contribution is 6.31. The summed E-state index contributed by atoms with van der Waals surface area (Å²) < 4.78 is 0. The summed E-state index contributed by atoms with van der Waals surface area (Å²) in [6.45, 7) is 5.95. The van der Waals surface area contributed by atoms with E-state index in [0.29, 0.717) is 23.8 Å². The largest absolute Gasteiger partial charge is 0.353 e. The molecule has 3 aromatic carbocycles. The predicted octanol–water partition coefficient (Wildman–Crippen LogP) is 3.71. The van der Waals surface area contributed by atoms with Crippen LogP contribution in [0.1, 0.15) is 29.2 Å². The van der Waals surface area contributed by atoms with Crippen molar-refractivity contribution in [3.05, 3.63) is 101 Å². The molecule has 2 heterocycles. The van der Waals surface area contributed by atoms with Crippen molar-refractivity contribution in [3.63, 3.8) is 0 Å². The number of hydrogen-bond acceptors (Lipinski definition) is 5. The average Bonchev–Trinajstić information content (AvgIpc) is 2.98. The number of nitrogens with zero attached hydrogens (tertiary/aromatic N) is 3. The SMILES string of the molecule is Cc1ccc(NC(=O)C[C@H]2C(=O)NCCN2C(=O)CN2CCN(C(c3ccccc3)c3ccccc3)CC2)cc1Cl. The van der Waals surface area contributed by atoms with Gasteiger partial charge in [0.05, 0.1) is 19.0 Å². The van der Waals surface area contributed by atoms with Gasteiger partial charge in [0.2, 0.25) is 17.7 Å². The van der Waals surface area contributed by atoms with Gasteiger partial charge in [0.15, 0.2) is 0 Å². The van der Waals surface area contributed by atoms with Gasteiger partial charge in [-0.05, 0) is 35.7 Å². The van der Waals surface area contributed by atoms with Crippen LogP contribution in [0, 0.1) is 6.92 Å². The summed E-state index contributed by atoms with van der Waals surface area (Å²) in [5, 5.41) is 6.16. The fraction of sp³-hybridized carbons (Fsp3) is 0.344. The monoisotopic (exact) mass is 573 g/mol. The molecule has 0 aliphatic carbocycles. The molecule has 9 heteroatoms. The van der Waals surface area contributed by atoms with Crippen molar-refractivity contribution in [2.45, 2.75) is 25.4 Å². The molecule has 3 amide bonds. The Morgan fingerprint density at radius 1 is 0.927 bits per heavy atom. The minimum atomic E-state index is -0.848. The van der Waals surface area contributed by atoms with Crippen LogP contribution in [0.3, 0.4) is 0 Å². The van der Waals surface area contributed by atoms with E-state index in [1.165, 1.54) is 11.1 Å². The number of halogens is 1. The van der Waals surface area contributed by atoms with Crippen LogP contribution >= 0.6 is 11.6 Å². The van der Waals surface area contributed by atoms with Gasteiger partial charge in [-0.3, -0.25) is 24.2 Å². The number of nitrogens with one attached hydrogen (secondary N) is 2. The molecule has 0 spiro atoms. The van der Waals surface area contributed by atoms with Gasteiger partial charge in [0, 0.05) is 50.0 Å². The maximum atomic E-state index is 13.4. The Balaban J connectivity index is 1.19. The fourth-order valence-electron chi connectivity index (χ4n) is 5.62. The Labute approximate surface area is 246 Å². The molecule has 2 N–H and O–H groups in total. The quantitative estimate of drug-likeness (QED) is 0.429. The molecule has 41 heavy (non-hydrogen) atoms. The van der Waals surface area contributed by atoms with Crippen molar-refractivity contribution in [2.75, 3.05) is 51.1 Å². The summed E-state index contributed by atoms with van der Waals surface area (Å²) >= 11 is 6.18. The molecule has 0 aromatic heterocycles. The number of rotatable bonds is 8. The van der Waals surface area contributed by atoms with Crippen molar-refractivity contribution in [2.24, 2.45) is 0 Å². The summed E-state index contributed by atoms with van der Waals surface area (Å²) in [4.78, 5) is 45.2. The third-order valence-electron chi connectivity index (χ3n) is 7.85. The number of hydrogen-bond donors (Lipinski definition) is 2. The van der Waals surface area contributed by atoms with Crippen molar-refractivity contribution < 1.29 is 14.4 Å². The van der Waals surface area contributed by atoms with E-state index in [4.69, 9.17) is 11.6 Å². The van der Waals surface area contributed by atoms with Crippen molar-refractivity contribution >= 4 is 35.0 Å². The molecule has 0 saturated carbocycles. The number of amides is 3. The Morgan fingerprint density at radius 3 is 2.17 bits per heavy atom. The van der Waals surface area contributed by atoms with Crippen LogP contribution in [-0.2, 0) is 14.4 Å². The number of piperazine rings is 2. The highest BCUT2D eigenvalue weighted by Gasteiger charge is 2.36. The van der Waals surface area contributed by atoms with E-state index in [1.807, 2.05) is 25.1 Å². The first-order valence-corrected chi connectivity index (χ1v) is 14.5. The molecule has 3 aromatic rings. The normalized spacial score (nSPS) is 18.3. The molecule has 2 saturated heterocycles. The molecule has 214 valence electrons. The molecule has 5 rings (SSSR count). The highest BCUT2D eigenvalue weighted by atomic mass is 35.5. The zero-order valence-corrected chi connectivity index (χ0v) is 24.0. The number of anilines is 1. The Bertz CT molecular complexity index is 1320. The van der Waals surface area contributed by atoms with Crippen LogP contribution < -0.4 is 10.6 Å². The third kappa shape index (κ3) is 7.14. The van der Waals surface area contributed by atoms with Crippen LogP contribution in [-0.4, -0.2) is 84.3 Å². The minimum Gasteiger partial charge on any atom is -0.353 e. The highest BCUT2D eigenvalue weighted by Crippen LogP contribution is 2.29. The zero-order valence-electron chi connectivity index (χ0n) is 23.3. The maximum absolute atomic E-state index is 13.4. The van der Waals surface area contributed by atoms with E-state index in [9.17, 15) is 14.4 Å². The standard InChI is InChI=1S/C32H36ClN5O3/c1-23-12-13-26(20-27(23)33)35-29(39)21-28-32(41)34-14-15-38(28)30(40)22-36-16-18-37(19-17-36)31(24-8-4-2-5-9-24)25-10-6-3-7-11-25/h2-13,20,28,31H,14-19,21-22H2,1H3,(H,34,41)(H,35,39)/t28-/m0/s1. The topological polar surface area (TPSA) is 85.0 Å². The molecule has 0 radical (unpaired) electrons. The van der Waals surface area contributed by atoms with Crippen LogP contribution in [0.5, 0.6) is 0 Å². The van der Waals surface area contributed by atoms with Crippen molar-refractivity contribution in [1.82, 2.24) is 20.0 Å². The van der Waals surface area contributed by atoms with Gasteiger partial charge in [-0.25, -0.2) is 0 Å². The summed E-state index contributed by atoms with van der Waals surface area (Å²) in [5.74, 6) is -0.779. The van der Waals surface area contributed by atoms with E-state index in [0.717, 1.165) is 31.7 Å². The number of carbonyl (C=O) groups excluding carboxylic acids is 3. The van der Waals surface area contributed by atoms with Gasteiger partial charge in [-0.1, -0.05) is 78.3 Å². The Hall–Kier alpha value is -3.72. The van der Waals surface area contributed by atoms with E-state index in [1.54, 1.807) is 17.0 Å². The predicted molar refractivity (Wildman–Crippen MR) is 161 cm³/mol. The van der Waals surface area contributed by atoms with E-state index in [-0.39, 0.29) is 36.7 Å². The lowest BCUT2D eigenvalue weighted by Crippen LogP contribution is -2.60. The number of aryl methyl sites for hydroxylation is 1. The van der Waals surface area contributed by atoms with Crippen LogP contribution in [0.25, 0.3) is 0 Å². The Morgan fingerprint density at radius 2 is 1.56 bits per heavy atom. The van der Waals surface area contributed by atoms with Crippen LogP contribution in [0.4, 0.5) is 5.69 Å². The van der Waals surface area contributed by atoms with Gasteiger partial charge in [-0.15, -0.1) is 0 Å². The number of benzene rings is 3. The fourth-order valence-corrected chi connectivity index (χ4v) is 5.80. The second-order valence-electron chi connectivity index (χ2n) is 10.6.